The fourth-order valence-electron chi connectivity index (χ4n) is 1.63. The van der Waals surface area contributed by atoms with Gasteiger partial charge in [0, 0.05) is 12.4 Å². The van der Waals surface area contributed by atoms with E-state index >= 15 is 0 Å². The van der Waals surface area contributed by atoms with Gasteiger partial charge in [0.25, 0.3) is 0 Å². The highest BCUT2D eigenvalue weighted by Gasteiger charge is 2.17. The molecule has 0 saturated heterocycles. The van der Waals surface area contributed by atoms with Gasteiger partial charge in [-0.15, -0.1) is 0 Å². The molecule has 2 rings (SSSR count). The van der Waals surface area contributed by atoms with Gasteiger partial charge in [0.05, 0.1) is 11.6 Å². The van der Waals surface area contributed by atoms with Crippen LogP contribution in [0, 0.1) is 0 Å². The number of aromatic nitrogens is 2. The van der Waals surface area contributed by atoms with Crippen LogP contribution >= 0.6 is 0 Å². The molecule has 1 aromatic heterocycles. The average molecular weight is 218 g/mol. The summed E-state index contributed by atoms with van der Waals surface area (Å²) < 4.78 is 6.83. The van der Waals surface area contributed by atoms with Crippen LogP contribution in [0.5, 0.6) is 0 Å². The molecular formula is C12H14N2O2. The first-order valence-electron chi connectivity index (χ1n) is 5.22. The van der Waals surface area contributed by atoms with Crippen molar-refractivity contribution >= 4 is 16.9 Å². The van der Waals surface area contributed by atoms with Crippen LogP contribution in [0.4, 0.5) is 0 Å². The number of carbonyl (C=O) groups excluding carboxylic acids is 1. The van der Waals surface area contributed by atoms with Crippen molar-refractivity contribution in [1.29, 1.82) is 0 Å². The van der Waals surface area contributed by atoms with E-state index in [1.807, 2.05) is 45.2 Å². The third-order valence-electron chi connectivity index (χ3n) is 2.29. The molecule has 0 saturated carbocycles. The Morgan fingerprint density at radius 3 is 2.75 bits per heavy atom. The Morgan fingerprint density at radius 2 is 2.06 bits per heavy atom. The first kappa shape index (κ1) is 10.7. The summed E-state index contributed by atoms with van der Waals surface area (Å²) in [5, 5.41) is 5.01. The highest BCUT2D eigenvalue weighted by Crippen LogP contribution is 2.18. The molecule has 0 N–H and O–H groups in total. The number of hydrogen-bond acceptors (Lipinski definition) is 3. The Bertz CT molecular complexity index is 529. The molecule has 2 aromatic rings. The van der Waals surface area contributed by atoms with E-state index in [-0.39, 0.29) is 12.1 Å². The smallest absolute Gasteiger partial charge is 0.359 e. The molecule has 0 aliphatic carbocycles. The molecule has 1 heterocycles. The normalized spacial score (nSPS) is 11.0. The number of ether oxygens (including phenoxy) is 1. The van der Waals surface area contributed by atoms with Crippen LogP contribution in [0.25, 0.3) is 10.9 Å². The zero-order chi connectivity index (χ0) is 11.7. The van der Waals surface area contributed by atoms with Crippen molar-refractivity contribution in [3.8, 4) is 0 Å². The fraction of sp³-hybridized carbons (Fsp3) is 0.333. The summed E-state index contributed by atoms with van der Waals surface area (Å²) >= 11 is 0. The number of aryl methyl sites for hydroxylation is 1. The minimum Gasteiger partial charge on any atom is -0.458 e. The van der Waals surface area contributed by atoms with Gasteiger partial charge in [-0.05, 0) is 19.9 Å². The quantitative estimate of drug-likeness (QED) is 0.725. The second-order valence-corrected chi connectivity index (χ2v) is 3.94. The molecule has 0 amide bonds. The third-order valence-corrected chi connectivity index (χ3v) is 2.29. The van der Waals surface area contributed by atoms with E-state index in [0.29, 0.717) is 5.69 Å². The van der Waals surface area contributed by atoms with E-state index in [9.17, 15) is 4.79 Å². The molecule has 4 heteroatoms. The van der Waals surface area contributed by atoms with Crippen molar-refractivity contribution in [1.82, 2.24) is 9.78 Å². The van der Waals surface area contributed by atoms with E-state index in [2.05, 4.69) is 5.10 Å². The monoisotopic (exact) mass is 218 g/mol. The van der Waals surface area contributed by atoms with Gasteiger partial charge in [-0.25, -0.2) is 4.79 Å². The van der Waals surface area contributed by atoms with Crippen LogP contribution in [0.3, 0.4) is 0 Å². The van der Waals surface area contributed by atoms with Crippen molar-refractivity contribution in [3.63, 3.8) is 0 Å². The lowest BCUT2D eigenvalue weighted by Crippen LogP contribution is -2.12. The van der Waals surface area contributed by atoms with Gasteiger partial charge in [-0.2, -0.15) is 5.10 Å². The molecule has 1 aromatic carbocycles. The molecule has 0 bridgehead atoms. The van der Waals surface area contributed by atoms with E-state index < -0.39 is 0 Å². The molecule has 0 atom stereocenters. The third kappa shape index (κ3) is 1.78. The molecule has 0 fully saturated rings. The highest BCUT2D eigenvalue weighted by atomic mass is 16.5. The number of hydrogen-bond donors (Lipinski definition) is 0. The summed E-state index contributed by atoms with van der Waals surface area (Å²) in [5.41, 5.74) is 1.31. The van der Waals surface area contributed by atoms with Gasteiger partial charge < -0.3 is 4.74 Å². The molecule has 0 aliphatic heterocycles. The SMILES string of the molecule is CC(C)OC(=O)c1nn(C)c2ccccc12. The number of fused-ring (bicyclic) bond motifs is 1. The van der Waals surface area contributed by atoms with Crippen molar-refractivity contribution < 1.29 is 9.53 Å². The minimum absolute atomic E-state index is 0.131. The Labute approximate surface area is 93.8 Å². The van der Waals surface area contributed by atoms with Crippen LogP contribution in [0.2, 0.25) is 0 Å². The number of carbonyl (C=O) groups is 1. The van der Waals surface area contributed by atoms with E-state index in [4.69, 9.17) is 4.74 Å². The maximum Gasteiger partial charge on any atom is 0.359 e. The lowest BCUT2D eigenvalue weighted by atomic mass is 10.2. The van der Waals surface area contributed by atoms with Crippen LogP contribution in [-0.4, -0.2) is 21.9 Å². The van der Waals surface area contributed by atoms with E-state index in [1.165, 1.54) is 0 Å². The lowest BCUT2D eigenvalue weighted by molar-refractivity contribution is 0.0372. The number of esters is 1. The topological polar surface area (TPSA) is 44.1 Å². The predicted octanol–water partition coefficient (Wildman–Crippen LogP) is 2.14. The first-order chi connectivity index (χ1) is 7.59. The summed E-state index contributed by atoms with van der Waals surface area (Å²) in [6.45, 7) is 3.64. The average Bonchev–Trinajstić information content (AvgIpc) is 2.56. The molecule has 16 heavy (non-hydrogen) atoms. The Hall–Kier alpha value is -1.84. The minimum atomic E-state index is -0.369. The fourth-order valence-corrected chi connectivity index (χ4v) is 1.63. The number of benzene rings is 1. The Balaban J connectivity index is 2.49. The van der Waals surface area contributed by atoms with Gasteiger partial charge in [0.2, 0.25) is 0 Å². The Kier molecular flexibility index (Phi) is 2.64. The van der Waals surface area contributed by atoms with E-state index in [0.717, 1.165) is 10.9 Å². The maximum absolute atomic E-state index is 11.8. The number of para-hydroxylation sites is 1. The van der Waals surface area contributed by atoms with E-state index in [1.54, 1.807) is 4.68 Å². The first-order valence-corrected chi connectivity index (χ1v) is 5.22. The van der Waals surface area contributed by atoms with Gasteiger partial charge in [0.1, 0.15) is 0 Å². The molecule has 84 valence electrons. The summed E-state index contributed by atoms with van der Waals surface area (Å²) in [5.74, 6) is -0.369. The van der Waals surface area contributed by atoms with Crippen molar-refractivity contribution in [2.45, 2.75) is 20.0 Å². The summed E-state index contributed by atoms with van der Waals surface area (Å²) in [6, 6.07) is 7.60. The molecule has 0 unspecified atom stereocenters. The van der Waals surface area contributed by atoms with Crippen molar-refractivity contribution in [3.05, 3.63) is 30.0 Å². The largest absolute Gasteiger partial charge is 0.458 e. The van der Waals surface area contributed by atoms with Gasteiger partial charge in [0.15, 0.2) is 5.69 Å². The standard InChI is InChI=1S/C12H14N2O2/c1-8(2)16-12(15)11-9-6-4-5-7-10(9)14(3)13-11/h4-8H,1-3H3. The van der Waals surface area contributed by atoms with Crippen molar-refractivity contribution in [2.24, 2.45) is 7.05 Å². The van der Waals surface area contributed by atoms with Gasteiger partial charge in [-0.3, -0.25) is 4.68 Å². The van der Waals surface area contributed by atoms with Crippen LogP contribution in [0.15, 0.2) is 24.3 Å². The molecule has 4 nitrogen and oxygen atoms in total. The van der Waals surface area contributed by atoms with Crippen LogP contribution in [-0.2, 0) is 11.8 Å². The number of rotatable bonds is 2. The lowest BCUT2D eigenvalue weighted by Gasteiger charge is -2.05. The summed E-state index contributed by atoms with van der Waals surface area (Å²) in [7, 11) is 1.81. The van der Waals surface area contributed by atoms with Crippen LogP contribution < -0.4 is 0 Å². The molecule has 0 aliphatic rings. The van der Waals surface area contributed by atoms with Crippen molar-refractivity contribution in [2.75, 3.05) is 0 Å². The molecular weight excluding hydrogens is 204 g/mol. The zero-order valence-corrected chi connectivity index (χ0v) is 9.60. The predicted molar refractivity (Wildman–Crippen MR) is 61.3 cm³/mol. The second-order valence-electron chi connectivity index (χ2n) is 3.94. The zero-order valence-electron chi connectivity index (χ0n) is 9.60. The molecule has 0 radical (unpaired) electrons. The van der Waals surface area contributed by atoms with Crippen LogP contribution in [0.1, 0.15) is 24.3 Å². The second kappa shape index (κ2) is 3.96. The Morgan fingerprint density at radius 1 is 1.38 bits per heavy atom. The van der Waals surface area contributed by atoms with Gasteiger partial charge >= 0.3 is 5.97 Å². The number of nitrogens with zero attached hydrogens (tertiary/aromatic N) is 2. The maximum atomic E-state index is 11.8. The summed E-state index contributed by atoms with van der Waals surface area (Å²) in [6.07, 6.45) is -0.131. The molecule has 0 spiro atoms. The highest BCUT2D eigenvalue weighted by molar-refractivity contribution is 6.02. The summed E-state index contributed by atoms with van der Waals surface area (Å²) in [4.78, 5) is 11.8. The van der Waals surface area contributed by atoms with Gasteiger partial charge in [-0.1, -0.05) is 18.2 Å².